The van der Waals surface area contributed by atoms with E-state index in [4.69, 9.17) is 0 Å². The van der Waals surface area contributed by atoms with E-state index in [1.165, 1.54) is 0 Å². The van der Waals surface area contributed by atoms with Crippen LogP contribution in [0.15, 0.2) is 48.5 Å². The predicted molar refractivity (Wildman–Crippen MR) is 87.3 cm³/mol. The highest BCUT2D eigenvalue weighted by Crippen LogP contribution is 2.16. The summed E-state index contributed by atoms with van der Waals surface area (Å²) in [4.78, 5) is 12.2. The molecule has 0 unspecified atom stereocenters. The van der Waals surface area contributed by atoms with Crippen LogP contribution in [-0.4, -0.2) is 20.6 Å². The van der Waals surface area contributed by atoms with E-state index in [0.29, 0.717) is 16.8 Å². The summed E-state index contributed by atoms with van der Waals surface area (Å²) >= 11 is 0. The minimum absolute atomic E-state index is 0.188. The molecular weight excluding hydrogens is 300 g/mol. The van der Waals surface area contributed by atoms with Crippen molar-refractivity contribution in [1.82, 2.24) is 5.32 Å². The number of hydrogen-bond donors (Lipinski definition) is 2. The van der Waals surface area contributed by atoms with Gasteiger partial charge in [0, 0.05) is 12.1 Å². The molecule has 0 aliphatic rings. The van der Waals surface area contributed by atoms with Crippen molar-refractivity contribution >= 4 is 21.6 Å². The van der Waals surface area contributed by atoms with E-state index < -0.39 is 10.0 Å². The second-order valence-corrected chi connectivity index (χ2v) is 6.78. The van der Waals surface area contributed by atoms with Crippen LogP contribution in [0, 0.1) is 6.92 Å². The molecule has 0 fully saturated rings. The van der Waals surface area contributed by atoms with Gasteiger partial charge in [-0.05, 0) is 30.2 Å². The molecule has 1 amide bonds. The molecule has 2 rings (SSSR count). The van der Waals surface area contributed by atoms with Gasteiger partial charge in [-0.1, -0.05) is 36.4 Å². The van der Waals surface area contributed by atoms with Crippen molar-refractivity contribution in [2.45, 2.75) is 13.5 Å². The van der Waals surface area contributed by atoms with Crippen molar-refractivity contribution in [3.05, 3.63) is 65.2 Å². The Kier molecular flexibility index (Phi) is 4.82. The number of sulfonamides is 1. The first-order chi connectivity index (χ1) is 10.4. The van der Waals surface area contributed by atoms with Crippen LogP contribution in [0.2, 0.25) is 0 Å². The molecule has 0 saturated heterocycles. The maximum Gasteiger partial charge on any atom is 0.251 e. The van der Waals surface area contributed by atoms with Gasteiger partial charge in [-0.15, -0.1) is 0 Å². The van der Waals surface area contributed by atoms with Crippen molar-refractivity contribution in [3.8, 4) is 0 Å². The second-order valence-electron chi connectivity index (χ2n) is 5.03. The van der Waals surface area contributed by atoms with Crippen LogP contribution in [-0.2, 0) is 16.6 Å². The monoisotopic (exact) mass is 318 g/mol. The number of hydrogen-bond acceptors (Lipinski definition) is 3. The van der Waals surface area contributed by atoms with Crippen LogP contribution in [0.1, 0.15) is 21.5 Å². The van der Waals surface area contributed by atoms with Crippen LogP contribution in [0.3, 0.4) is 0 Å². The van der Waals surface area contributed by atoms with E-state index in [0.717, 1.165) is 11.8 Å². The Bertz CT molecular complexity index is 785. The molecule has 0 bridgehead atoms. The third kappa shape index (κ3) is 4.33. The molecule has 5 nitrogen and oxygen atoms in total. The highest BCUT2D eigenvalue weighted by Gasteiger charge is 2.10. The number of anilines is 1. The highest BCUT2D eigenvalue weighted by molar-refractivity contribution is 7.92. The van der Waals surface area contributed by atoms with Crippen LogP contribution < -0.4 is 10.0 Å². The first kappa shape index (κ1) is 16.0. The van der Waals surface area contributed by atoms with E-state index in [-0.39, 0.29) is 12.5 Å². The van der Waals surface area contributed by atoms with Crippen LogP contribution in [0.25, 0.3) is 0 Å². The quantitative estimate of drug-likeness (QED) is 0.888. The minimum atomic E-state index is -3.36. The molecule has 0 aliphatic carbocycles. The lowest BCUT2D eigenvalue weighted by Crippen LogP contribution is -2.24. The third-order valence-electron chi connectivity index (χ3n) is 3.14. The zero-order chi connectivity index (χ0) is 16.2. The SMILES string of the molecule is Cc1ccccc1C(=O)NCc1ccccc1NS(C)(=O)=O. The predicted octanol–water partition coefficient (Wildman–Crippen LogP) is 2.30. The fraction of sp³-hybridized carbons (Fsp3) is 0.188. The van der Waals surface area contributed by atoms with E-state index >= 15 is 0 Å². The molecule has 22 heavy (non-hydrogen) atoms. The average Bonchev–Trinajstić information content (AvgIpc) is 2.45. The van der Waals surface area contributed by atoms with Gasteiger partial charge >= 0.3 is 0 Å². The Morgan fingerprint density at radius 3 is 2.36 bits per heavy atom. The van der Waals surface area contributed by atoms with Gasteiger partial charge in [-0.3, -0.25) is 9.52 Å². The van der Waals surface area contributed by atoms with Crippen molar-refractivity contribution < 1.29 is 13.2 Å². The Balaban J connectivity index is 2.12. The van der Waals surface area contributed by atoms with Crippen molar-refractivity contribution in [3.63, 3.8) is 0 Å². The van der Waals surface area contributed by atoms with Gasteiger partial charge in [0.05, 0.1) is 11.9 Å². The van der Waals surface area contributed by atoms with Gasteiger partial charge in [-0.2, -0.15) is 0 Å². The van der Waals surface area contributed by atoms with Gasteiger partial charge in [0.2, 0.25) is 10.0 Å². The molecule has 6 heteroatoms. The zero-order valence-corrected chi connectivity index (χ0v) is 13.3. The summed E-state index contributed by atoms with van der Waals surface area (Å²) in [5.74, 6) is -0.188. The lowest BCUT2D eigenvalue weighted by molar-refractivity contribution is 0.0950. The minimum Gasteiger partial charge on any atom is -0.348 e. The van der Waals surface area contributed by atoms with Crippen molar-refractivity contribution in [1.29, 1.82) is 0 Å². The van der Waals surface area contributed by atoms with E-state index in [9.17, 15) is 13.2 Å². The molecule has 0 heterocycles. The lowest BCUT2D eigenvalue weighted by Gasteiger charge is -2.12. The van der Waals surface area contributed by atoms with E-state index in [1.807, 2.05) is 19.1 Å². The smallest absolute Gasteiger partial charge is 0.251 e. The number of para-hydroxylation sites is 1. The highest BCUT2D eigenvalue weighted by atomic mass is 32.2. The average molecular weight is 318 g/mol. The molecule has 0 radical (unpaired) electrons. The van der Waals surface area contributed by atoms with E-state index in [1.54, 1.807) is 36.4 Å². The molecule has 0 aromatic heterocycles. The summed E-state index contributed by atoms with van der Waals surface area (Å²) in [6.45, 7) is 2.11. The Labute approximate surface area is 130 Å². The number of nitrogens with one attached hydrogen (secondary N) is 2. The molecule has 0 saturated carbocycles. The first-order valence-electron chi connectivity index (χ1n) is 6.76. The summed E-state index contributed by atoms with van der Waals surface area (Å²) in [6.07, 6.45) is 1.09. The molecule has 0 spiro atoms. The second kappa shape index (κ2) is 6.62. The van der Waals surface area contributed by atoms with Gasteiger partial charge in [0.15, 0.2) is 0 Å². The Hall–Kier alpha value is -2.34. The van der Waals surface area contributed by atoms with Crippen LogP contribution >= 0.6 is 0 Å². The Morgan fingerprint density at radius 1 is 1.05 bits per heavy atom. The molecular formula is C16H18N2O3S. The third-order valence-corrected chi connectivity index (χ3v) is 3.73. The summed E-state index contributed by atoms with van der Waals surface area (Å²) in [5.41, 5.74) is 2.67. The number of benzene rings is 2. The zero-order valence-electron chi connectivity index (χ0n) is 12.5. The van der Waals surface area contributed by atoms with E-state index in [2.05, 4.69) is 10.0 Å². The molecule has 116 valence electrons. The molecule has 2 aromatic rings. The van der Waals surface area contributed by atoms with Crippen molar-refractivity contribution in [2.75, 3.05) is 11.0 Å². The standard InChI is InChI=1S/C16H18N2O3S/c1-12-7-3-5-9-14(12)16(19)17-11-13-8-4-6-10-15(13)18-22(2,20)21/h3-10,18H,11H2,1-2H3,(H,17,19). The van der Waals surface area contributed by atoms with Crippen LogP contribution in [0.4, 0.5) is 5.69 Å². The maximum atomic E-state index is 12.2. The summed E-state index contributed by atoms with van der Waals surface area (Å²) in [6, 6.07) is 14.3. The van der Waals surface area contributed by atoms with Gasteiger partial charge < -0.3 is 5.32 Å². The number of rotatable bonds is 5. The normalized spacial score (nSPS) is 11.0. The van der Waals surface area contributed by atoms with Gasteiger partial charge in [0.1, 0.15) is 0 Å². The molecule has 0 aliphatic heterocycles. The number of aryl methyl sites for hydroxylation is 1. The Morgan fingerprint density at radius 2 is 1.68 bits per heavy atom. The number of carbonyl (C=O) groups excluding carboxylic acids is 1. The summed E-state index contributed by atoms with van der Waals surface area (Å²) in [7, 11) is -3.36. The lowest BCUT2D eigenvalue weighted by atomic mass is 10.1. The fourth-order valence-electron chi connectivity index (χ4n) is 2.07. The summed E-state index contributed by atoms with van der Waals surface area (Å²) in [5, 5.41) is 2.81. The van der Waals surface area contributed by atoms with Crippen LogP contribution in [0.5, 0.6) is 0 Å². The maximum absolute atomic E-state index is 12.2. The van der Waals surface area contributed by atoms with Gasteiger partial charge in [0.25, 0.3) is 5.91 Å². The topological polar surface area (TPSA) is 75.3 Å². The van der Waals surface area contributed by atoms with Gasteiger partial charge in [-0.25, -0.2) is 8.42 Å². The molecule has 2 aromatic carbocycles. The largest absolute Gasteiger partial charge is 0.348 e. The number of carbonyl (C=O) groups is 1. The summed E-state index contributed by atoms with van der Waals surface area (Å²) < 4.78 is 25.2. The van der Waals surface area contributed by atoms with Crippen molar-refractivity contribution in [2.24, 2.45) is 0 Å². The fourth-order valence-corrected chi connectivity index (χ4v) is 2.67. The first-order valence-corrected chi connectivity index (χ1v) is 8.65. The number of amides is 1. The molecule has 0 atom stereocenters. The molecule has 2 N–H and O–H groups in total.